The summed E-state index contributed by atoms with van der Waals surface area (Å²) >= 11 is 0. The molecule has 5 nitrogen and oxygen atoms in total. The number of alkyl carbamates (subject to hydrolysis) is 1. The lowest BCUT2D eigenvalue weighted by Gasteiger charge is -2.08. The molecule has 0 aliphatic rings. The molecule has 1 heterocycles. The molecule has 0 saturated heterocycles. The highest BCUT2D eigenvalue weighted by Gasteiger charge is 2.02. The van der Waals surface area contributed by atoms with Crippen molar-refractivity contribution in [3.05, 3.63) is 54.1 Å². The van der Waals surface area contributed by atoms with Crippen LogP contribution in [0.3, 0.4) is 0 Å². The van der Waals surface area contributed by atoms with Crippen molar-refractivity contribution < 1.29 is 9.53 Å². The van der Waals surface area contributed by atoms with E-state index in [2.05, 4.69) is 10.3 Å². The van der Waals surface area contributed by atoms with Gasteiger partial charge in [0.25, 0.3) is 0 Å². The first-order chi connectivity index (χ1) is 9.25. The van der Waals surface area contributed by atoms with Gasteiger partial charge in [-0.2, -0.15) is 0 Å². The molecule has 1 amide bonds. The number of amides is 1. The van der Waals surface area contributed by atoms with E-state index < -0.39 is 6.09 Å². The lowest BCUT2D eigenvalue weighted by molar-refractivity contribution is 0.139. The van der Waals surface area contributed by atoms with E-state index in [1.165, 1.54) is 0 Å². The fourth-order valence-corrected chi connectivity index (χ4v) is 1.69. The molecule has 2 rings (SSSR count). The molecule has 0 saturated carbocycles. The number of hydrogen-bond acceptors (Lipinski definition) is 3. The number of nitrogens with one attached hydrogen (secondary N) is 1. The summed E-state index contributed by atoms with van der Waals surface area (Å²) in [5, 5.41) is 2.71. The predicted molar refractivity (Wildman–Crippen MR) is 71.6 cm³/mol. The fraction of sp³-hybridized carbons (Fsp3) is 0.286. The standard InChI is InChI=1S/C14H17N3O2/c1-12-15-7-9-17(12)10-8-16-14(18)19-11-13-5-3-2-4-6-13/h2-7,9H,8,10-11H2,1H3,(H,16,18). The lowest BCUT2D eigenvalue weighted by atomic mass is 10.2. The minimum absolute atomic E-state index is 0.288. The highest BCUT2D eigenvalue weighted by Crippen LogP contribution is 2.00. The molecule has 0 fully saturated rings. The van der Waals surface area contributed by atoms with E-state index in [1.54, 1.807) is 6.20 Å². The van der Waals surface area contributed by atoms with Crippen molar-refractivity contribution in [2.75, 3.05) is 6.54 Å². The second kappa shape index (κ2) is 6.58. The molecule has 1 aromatic carbocycles. The SMILES string of the molecule is Cc1nccn1CCNC(=O)OCc1ccccc1. The third-order valence-electron chi connectivity index (χ3n) is 2.76. The minimum Gasteiger partial charge on any atom is -0.445 e. The van der Waals surface area contributed by atoms with Gasteiger partial charge in [0.2, 0.25) is 0 Å². The zero-order valence-electron chi connectivity index (χ0n) is 10.9. The van der Waals surface area contributed by atoms with Gasteiger partial charge in [0.15, 0.2) is 0 Å². The van der Waals surface area contributed by atoms with Crippen molar-refractivity contribution in [2.45, 2.75) is 20.1 Å². The number of hydrogen-bond donors (Lipinski definition) is 1. The van der Waals surface area contributed by atoms with Gasteiger partial charge < -0.3 is 14.6 Å². The summed E-state index contributed by atoms with van der Waals surface area (Å²) < 4.78 is 7.07. The predicted octanol–water partition coefficient (Wildman–Crippen LogP) is 2.12. The highest BCUT2D eigenvalue weighted by molar-refractivity contribution is 5.67. The number of ether oxygens (including phenoxy) is 1. The Labute approximate surface area is 112 Å². The number of nitrogens with zero attached hydrogens (tertiary/aromatic N) is 2. The first kappa shape index (κ1) is 13.1. The number of aryl methyl sites for hydroxylation is 1. The van der Waals surface area contributed by atoms with Gasteiger partial charge in [-0.15, -0.1) is 0 Å². The molecule has 5 heteroatoms. The lowest BCUT2D eigenvalue weighted by Crippen LogP contribution is -2.27. The van der Waals surface area contributed by atoms with Crippen LogP contribution in [0.4, 0.5) is 4.79 Å². The van der Waals surface area contributed by atoms with Gasteiger partial charge in [-0.3, -0.25) is 0 Å². The van der Waals surface area contributed by atoms with E-state index in [0.29, 0.717) is 13.1 Å². The minimum atomic E-state index is -0.401. The van der Waals surface area contributed by atoms with Crippen LogP contribution in [0.1, 0.15) is 11.4 Å². The third kappa shape index (κ3) is 4.13. The quantitative estimate of drug-likeness (QED) is 0.894. The zero-order valence-corrected chi connectivity index (χ0v) is 10.9. The molecule has 0 spiro atoms. The maximum absolute atomic E-state index is 11.5. The molecule has 0 aliphatic heterocycles. The largest absolute Gasteiger partial charge is 0.445 e. The Bertz CT molecular complexity index is 522. The van der Waals surface area contributed by atoms with E-state index in [4.69, 9.17) is 4.74 Å². The van der Waals surface area contributed by atoms with Crippen LogP contribution in [-0.4, -0.2) is 22.2 Å². The van der Waals surface area contributed by atoms with E-state index in [1.807, 2.05) is 48.0 Å². The fourth-order valence-electron chi connectivity index (χ4n) is 1.69. The second-order valence-corrected chi connectivity index (χ2v) is 4.16. The van der Waals surface area contributed by atoms with Crippen molar-refractivity contribution in [3.63, 3.8) is 0 Å². The summed E-state index contributed by atoms with van der Waals surface area (Å²) in [6, 6.07) is 9.60. The Hall–Kier alpha value is -2.30. The van der Waals surface area contributed by atoms with Crippen molar-refractivity contribution in [1.82, 2.24) is 14.9 Å². The Balaban J connectivity index is 1.66. The molecule has 0 unspecified atom stereocenters. The van der Waals surface area contributed by atoms with Gasteiger partial charge in [0, 0.05) is 25.5 Å². The van der Waals surface area contributed by atoms with Crippen LogP contribution >= 0.6 is 0 Å². The van der Waals surface area contributed by atoms with E-state index in [-0.39, 0.29) is 6.61 Å². The van der Waals surface area contributed by atoms with Gasteiger partial charge in [0.1, 0.15) is 12.4 Å². The van der Waals surface area contributed by atoms with Crippen LogP contribution < -0.4 is 5.32 Å². The Morgan fingerprint density at radius 2 is 2.16 bits per heavy atom. The summed E-state index contributed by atoms with van der Waals surface area (Å²) in [6.07, 6.45) is 3.22. The zero-order chi connectivity index (χ0) is 13.5. The maximum atomic E-state index is 11.5. The average Bonchev–Trinajstić information content (AvgIpc) is 2.83. The molecular weight excluding hydrogens is 242 g/mol. The number of benzene rings is 1. The van der Waals surface area contributed by atoms with E-state index >= 15 is 0 Å². The van der Waals surface area contributed by atoms with Crippen LogP contribution in [0.15, 0.2) is 42.7 Å². The summed E-state index contributed by atoms with van der Waals surface area (Å²) in [7, 11) is 0. The van der Waals surface area contributed by atoms with Crippen molar-refractivity contribution >= 4 is 6.09 Å². The van der Waals surface area contributed by atoms with Gasteiger partial charge in [-0.05, 0) is 12.5 Å². The van der Waals surface area contributed by atoms with Crippen LogP contribution in [0.5, 0.6) is 0 Å². The van der Waals surface area contributed by atoms with Crippen molar-refractivity contribution in [3.8, 4) is 0 Å². The Morgan fingerprint density at radius 3 is 2.84 bits per heavy atom. The molecular formula is C14H17N3O2. The molecule has 19 heavy (non-hydrogen) atoms. The van der Waals surface area contributed by atoms with Crippen LogP contribution in [0.25, 0.3) is 0 Å². The normalized spacial score (nSPS) is 10.2. The Kier molecular flexibility index (Phi) is 4.55. The molecule has 2 aromatic rings. The van der Waals surface area contributed by atoms with Crippen molar-refractivity contribution in [2.24, 2.45) is 0 Å². The van der Waals surface area contributed by atoms with Crippen LogP contribution in [0, 0.1) is 6.92 Å². The molecule has 0 aliphatic carbocycles. The molecule has 1 aromatic heterocycles. The van der Waals surface area contributed by atoms with Gasteiger partial charge in [0.05, 0.1) is 0 Å². The molecule has 0 bridgehead atoms. The number of carbonyl (C=O) groups excluding carboxylic acids is 1. The molecule has 100 valence electrons. The van der Waals surface area contributed by atoms with E-state index in [0.717, 1.165) is 11.4 Å². The number of rotatable bonds is 5. The molecule has 0 radical (unpaired) electrons. The van der Waals surface area contributed by atoms with Gasteiger partial charge in [-0.25, -0.2) is 9.78 Å². The summed E-state index contributed by atoms with van der Waals surface area (Å²) in [4.78, 5) is 15.6. The molecule has 1 N–H and O–H groups in total. The Morgan fingerprint density at radius 1 is 1.37 bits per heavy atom. The average molecular weight is 259 g/mol. The third-order valence-corrected chi connectivity index (χ3v) is 2.76. The second-order valence-electron chi connectivity index (χ2n) is 4.16. The first-order valence-corrected chi connectivity index (χ1v) is 6.18. The maximum Gasteiger partial charge on any atom is 0.407 e. The van der Waals surface area contributed by atoms with Crippen LogP contribution in [0.2, 0.25) is 0 Å². The smallest absolute Gasteiger partial charge is 0.407 e. The number of carbonyl (C=O) groups is 1. The van der Waals surface area contributed by atoms with Crippen molar-refractivity contribution in [1.29, 1.82) is 0 Å². The number of imidazole rings is 1. The highest BCUT2D eigenvalue weighted by atomic mass is 16.5. The molecule has 0 atom stereocenters. The summed E-state index contributed by atoms with van der Waals surface area (Å²) in [5.74, 6) is 0.930. The number of aromatic nitrogens is 2. The van der Waals surface area contributed by atoms with E-state index in [9.17, 15) is 4.79 Å². The summed E-state index contributed by atoms with van der Waals surface area (Å²) in [6.45, 7) is 3.42. The van der Waals surface area contributed by atoms with Gasteiger partial charge >= 0.3 is 6.09 Å². The summed E-state index contributed by atoms with van der Waals surface area (Å²) in [5.41, 5.74) is 0.975. The first-order valence-electron chi connectivity index (χ1n) is 6.18. The topological polar surface area (TPSA) is 56.2 Å². The van der Waals surface area contributed by atoms with Crippen LogP contribution in [-0.2, 0) is 17.9 Å². The van der Waals surface area contributed by atoms with Gasteiger partial charge in [-0.1, -0.05) is 30.3 Å². The monoisotopic (exact) mass is 259 g/mol.